The SMILES string of the molecule is CCN(CC)S(=O)(=O)c1ccc2c(c1)CCCN2C(=O)C1CCN(C(=O)c2ccco2)CC1. The van der Waals surface area contributed by atoms with Gasteiger partial charge in [-0.3, -0.25) is 9.59 Å². The Bertz CT molecular complexity index is 1100. The number of nitrogens with zero attached hydrogens (tertiary/aromatic N) is 3. The van der Waals surface area contributed by atoms with Gasteiger partial charge in [-0.25, -0.2) is 8.42 Å². The van der Waals surface area contributed by atoms with E-state index >= 15 is 0 Å². The minimum Gasteiger partial charge on any atom is -0.459 e. The van der Waals surface area contributed by atoms with E-state index in [0.717, 1.165) is 24.1 Å². The number of fused-ring (bicyclic) bond motifs is 1. The maximum absolute atomic E-state index is 13.4. The Labute approximate surface area is 195 Å². The Hall–Kier alpha value is -2.65. The second-order valence-corrected chi connectivity index (χ2v) is 10.5. The number of hydrogen-bond donors (Lipinski definition) is 0. The smallest absolute Gasteiger partial charge is 0.289 e. The van der Waals surface area contributed by atoms with Gasteiger partial charge in [0.05, 0.1) is 11.2 Å². The molecule has 0 N–H and O–H groups in total. The predicted molar refractivity (Wildman–Crippen MR) is 125 cm³/mol. The Morgan fingerprint density at radius 2 is 1.82 bits per heavy atom. The van der Waals surface area contributed by atoms with Crippen LogP contribution < -0.4 is 4.90 Å². The molecule has 0 spiro atoms. The molecule has 2 amide bonds. The molecule has 0 bridgehead atoms. The predicted octanol–water partition coefficient (Wildman–Crippen LogP) is 3.14. The number of anilines is 1. The maximum Gasteiger partial charge on any atom is 0.289 e. The lowest BCUT2D eigenvalue weighted by atomic mass is 9.93. The van der Waals surface area contributed by atoms with Crippen LogP contribution in [0.1, 0.15) is 49.2 Å². The van der Waals surface area contributed by atoms with Crippen LogP contribution in [0.3, 0.4) is 0 Å². The summed E-state index contributed by atoms with van der Waals surface area (Å²) in [6, 6.07) is 8.46. The highest BCUT2D eigenvalue weighted by molar-refractivity contribution is 7.89. The Kier molecular flexibility index (Phi) is 6.90. The van der Waals surface area contributed by atoms with Gasteiger partial charge in [-0.1, -0.05) is 13.8 Å². The monoisotopic (exact) mass is 473 g/mol. The molecular weight excluding hydrogens is 442 g/mol. The summed E-state index contributed by atoms with van der Waals surface area (Å²) in [6.07, 6.45) is 4.23. The van der Waals surface area contributed by atoms with E-state index in [1.54, 1.807) is 40.1 Å². The molecule has 2 aliphatic heterocycles. The van der Waals surface area contributed by atoms with Gasteiger partial charge < -0.3 is 14.2 Å². The Balaban J connectivity index is 1.47. The average Bonchev–Trinajstić information content (AvgIpc) is 3.38. The van der Waals surface area contributed by atoms with Crippen molar-refractivity contribution in [1.29, 1.82) is 0 Å². The molecule has 4 rings (SSSR count). The lowest BCUT2D eigenvalue weighted by Gasteiger charge is -2.36. The van der Waals surface area contributed by atoms with Gasteiger partial charge in [0, 0.05) is 44.3 Å². The molecule has 8 nitrogen and oxygen atoms in total. The van der Waals surface area contributed by atoms with Crippen LogP contribution in [0, 0.1) is 5.92 Å². The van der Waals surface area contributed by atoms with Crippen LogP contribution in [0.2, 0.25) is 0 Å². The standard InChI is InChI=1S/C24H31N3O5S/c1-3-26(4-2)33(30,31)20-9-10-21-19(17-20)7-5-13-27(21)23(28)18-11-14-25(15-12-18)24(29)22-8-6-16-32-22/h6,8-10,16-18H,3-5,7,11-15H2,1-2H3. The number of sulfonamides is 1. The topological polar surface area (TPSA) is 91.1 Å². The fourth-order valence-corrected chi connectivity index (χ4v) is 6.29. The molecule has 0 unspecified atom stereocenters. The molecule has 3 heterocycles. The lowest BCUT2D eigenvalue weighted by Crippen LogP contribution is -2.45. The number of piperidine rings is 1. The second kappa shape index (κ2) is 9.69. The lowest BCUT2D eigenvalue weighted by molar-refractivity contribution is -0.123. The van der Waals surface area contributed by atoms with Crippen LogP contribution in [0.4, 0.5) is 5.69 Å². The third-order valence-corrected chi connectivity index (χ3v) is 8.69. The van der Waals surface area contributed by atoms with Crippen LogP contribution in [-0.2, 0) is 21.2 Å². The second-order valence-electron chi connectivity index (χ2n) is 8.52. The quantitative estimate of drug-likeness (QED) is 0.643. The summed E-state index contributed by atoms with van der Waals surface area (Å²) in [4.78, 5) is 29.7. The molecule has 2 aliphatic rings. The zero-order valence-electron chi connectivity index (χ0n) is 19.2. The van der Waals surface area contributed by atoms with E-state index in [9.17, 15) is 18.0 Å². The minimum absolute atomic E-state index is 0.0559. The van der Waals surface area contributed by atoms with Gasteiger partial charge in [0.25, 0.3) is 5.91 Å². The summed E-state index contributed by atoms with van der Waals surface area (Å²) in [5.74, 6) is 0.0763. The van der Waals surface area contributed by atoms with Crippen molar-refractivity contribution in [3.05, 3.63) is 47.9 Å². The van der Waals surface area contributed by atoms with Gasteiger partial charge in [0.2, 0.25) is 15.9 Å². The van der Waals surface area contributed by atoms with E-state index < -0.39 is 10.0 Å². The van der Waals surface area contributed by atoms with Crippen molar-refractivity contribution in [3.8, 4) is 0 Å². The number of carbonyl (C=O) groups excluding carboxylic acids is 2. The average molecular weight is 474 g/mol. The highest BCUT2D eigenvalue weighted by atomic mass is 32.2. The molecule has 2 aromatic rings. The van der Waals surface area contributed by atoms with E-state index in [1.807, 2.05) is 13.8 Å². The van der Waals surface area contributed by atoms with Gasteiger partial charge in [-0.15, -0.1) is 0 Å². The highest BCUT2D eigenvalue weighted by Crippen LogP contribution is 2.33. The van der Waals surface area contributed by atoms with Crippen molar-refractivity contribution in [1.82, 2.24) is 9.21 Å². The van der Waals surface area contributed by atoms with Gasteiger partial charge in [0.15, 0.2) is 5.76 Å². The molecule has 0 radical (unpaired) electrons. The number of benzene rings is 1. The number of hydrogen-bond acceptors (Lipinski definition) is 5. The molecule has 178 valence electrons. The van der Waals surface area contributed by atoms with Crippen molar-refractivity contribution in [3.63, 3.8) is 0 Å². The molecule has 33 heavy (non-hydrogen) atoms. The van der Waals surface area contributed by atoms with Crippen molar-refractivity contribution < 1.29 is 22.4 Å². The largest absolute Gasteiger partial charge is 0.459 e. The molecule has 1 aromatic heterocycles. The number of aryl methyl sites for hydroxylation is 1. The van der Waals surface area contributed by atoms with E-state index in [0.29, 0.717) is 51.3 Å². The van der Waals surface area contributed by atoms with Crippen LogP contribution in [0.5, 0.6) is 0 Å². The summed E-state index contributed by atoms with van der Waals surface area (Å²) in [5.41, 5.74) is 1.70. The van der Waals surface area contributed by atoms with E-state index in [4.69, 9.17) is 4.42 Å². The highest BCUT2D eigenvalue weighted by Gasteiger charge is 2.34. The number of carbonyl (C=O) groups is 2. The van der Waals surface area contributed by atoms with Crippen LogP contribution in [-0.4, -0.2) is 62.2 Å². The normalized spacial score (nSPS) is 17.3. The van der Waals surface area contributed by atoms with Crippen molar-refractivity contribution >= 4 is 27.5 Å². The van der Waals surface area contributed by atoms with Gasteiger partial charge in [0.1, 0.15) is 0 Å². The third-order valence-electron chi connectivity index (χ3n) is 6.64. The molecule has 1 saturated heterocycles. The zero-order chi connectivity index (χ0) is 23.6. The van der Waals surface area contributed by atoms with E-state index in [-0.39, 0.29) is 22.6 Å². The summed E-state index contributed by atoms with van der Waals surface area (Å²) >= 11 is 0. The summed E-state index contributed by atoms with van der Waals surface area (Å²) in [6.45, 7) is 6.14. The van der Waals surface area contributed by atoms with Crippen molar-refractivity contribution in [2.24, 2.45) is 5.92 Å². The molecule has 0 saturated carbocycles. The molecule has 0 atom stereocenters. The molecule has 1 aromatic carbocycles. The number of rotatable bonds is 6. The number of likely N-dealkylation sites (tertiary alicyclic amines) is 1. The van der Waals surface area contributed by atoms with Gasteiger partial charge in [-0.05, 0) is 61.6 Å². The first-order valence-corrected chi connectivity index (χ1v) is 13.1. The third kappa shape index (κ3) is 4.56. The van der Waals surface area contributed by atoms with Crippen molar-refractivity contribution in [2.75, 3.05) is 37.6 Å². The first-order chi connectivity index (χ1) is 15.9. The van der Waals surface area contributed by atoms with Crippen LogP contribution in [0.25, 0.3) is 0 Å². The minimum atomic E-state index is -3.54. The van der Waals surface area contributed by atoms with Crippen LogP contribution >= 0.6 is 0 Å². The van der Waals surface area contributed by atoms with E-state index in [2.05, 4.69) is 0 Å². The molecule has 0 aliphatic carbocycles. The Morgan fingerprint density at radius 1 is 1.09 bits per heavy atom. The zero-order valence-corrected chi connectivity index (χ0v) is 20.0. The molecule has 1 fully saturated rings. The molecular formula is C24H31N3O5S. The van der Waals surface area contributed by atoms with E-state index in [1.165, 1.54) is 10.6 Å². The Morgan fingerprint density at radius 3 is 2.45 bits per heavy atom. The van der Waals surface area contributed by atoms with Crippen molar-refractivity contribution in [2.45, 2.75) is 44.4 Å². The molecule has 9 heteroatoms. The van der Waals surface area contributed by atoms with Gasteiger partial charge in [-0.2, -0.15) is 4.31 Å². The number of amides is 2. The number of furan rings is 1. The maximum atomic E-state index is 13.4. The summed E-state index contributed by atoms with van der Waals surface area (Å²) in [7, 11) is -3.54. The fourth-order valence-electron chi connectivity index (χ4n) is 4.78. The summed E-state index contributed by atoms with van der Waals surface area (Å²) in [5, 5.41) is 0. The fraction of sp³-hybridized carbons (Fsp3) is 0.500. The first kappa shape index (κ1) is 23.5. The first-order valence-electron chi connectivity index (χ1n) is 11.6. The van der Waals surface area contributed by atoms with Crippen LogP contribution in [0.15, 0.2) is 45.9 Å². The van der Waals surface area contributed by atoms with Gasteiger partial charge >= 0.3 is 0 Å². The summed E-state index contributed by atoms with van der Waals surface area (Å²) < 4.78 is 32.5.